The van der Waals surface area contributed by atoms with Gasteiger partial charge in [-0.3, -0.25) is 4.79 Å². The highest BCUT2D eigenvalue weighted by Gasteiger charge is 2.16. The van der Waals surface area contributed by atoms with Gasteiger partial charge in [-0.2, -0.15) is 0 Å². The van der Waals surface area contributed by atoms with Gasteiger partial charge in [-0.25, -0.2) is 13.1 Å². The number of sulfonamides is 1. The molecule has 0 aliphatic carbocycles. The minimum atomic E-state index is -3.65. The van der Waals surface area contributed by atoms with Gasteiger partial charge in [-0.1, -0.05) is 25.1 Å². The zero-order chi connectivity index (χ0) is 19.2. The molecule has 0 bridgehead atoms. The van der Waals surface area contributed by atoms with Crippen molar-refractivity contribution < 1.29 is 13.2 Å². The fraction of sp³-hybridized carbons (Fsp3) is 0.316. The highest BCUT2D eigenvalue weighted by Crippen LogP contribution is 2.15. The molecule has 2 aromatic carbocycles. The van der Waals surface area contributed by atoms with Crippen LogP contribution in [0.4, 0.5) is 5.69 Å². The number of nitrogens with one attached hydrogen (secondary N) is 2. The number of amides is 1. The predicted molar refractivity (Wildman–Crippen MR) is 104 cm³/mol. The minimum Gasteiger partial charge on any atom is -0.322 e. The molecule has 0 atom stereocenters. The third-order valence-corrected chi connectivity index (χ3v) is 5.34. The van der Waals surface area contributed by atoms with Crippen molar-refractivity contribution >= 4 is 21.6 Å². The summed E-state index contributed by atoms with van der Waals surface area (Å²) >= 11 is 0. The van der Waals surface area contributed by atoms with Gasteiger partial charge in [-0.15, -0.1) is 0 Å². The van der Waals surface area contributed by atoms with Gasteiger partial charge >= 0.3 is 0 Å². The molecular weight excluding hydrogens is 350 g/mol. The van der Waals surface area contributed by atoms with E-state index in [0.29, 0.717) is 24.3 Å². The molecule has 2 N–H and O–H groups in total. The SMILES string of the molecule is CCc1ccc(NC(=O)c2cccc(S(=O)(=O)NCCN(C)C)c2)cc1. The zero-order valence-electron chi connectivity index (χ0n) is 15.3. The monoisotopic (exact) mass is 375 g/mol. The third kappa shape index (κ3) is 5.66. The summed E-state index contributed by atoms with van der Waals surface area (Å²) in [5.41, 5.74) is 2.14. The first-order chi connectivity index (χ1) is 12.3. The Morgan fingerprint density at radius 2 is 1.77 bits per heavy atom. The summed E-state index contributed by atoms with van der Waals surface area (Å²) < 4.78 is 27.2. The molecule has 1 amide bonds. The Morgan fingerprint density at radius 3 is 2.38 bits per heavy atom. The summed E-state index contributed by atoms with van der Waals surface area (Å²) in [6.07, 6.45) is 0.926. The number of aryl methyl sites for hydroxylation is 1. The Hall–Kier alpha value is -2.22. The highest BCUT2D eigenvalue weighted by atomic mass is 32.2. The molecule has 140 valence electrons. The van der Waals surface area contributed by atoms with Gasteiger partial charge in [0.15, 0.2) is 0 Å². The smallest absolute Gasteiger partial charge is 0.255 e. The number of hydrogen-bond donors (Lipinski definition) is 2. The lowest BCUT2D eigenvalue weighted by Gasteiger charge is -2.12. The molecule has 6 nitrogen and oxygen atoms in total. The molecule has 0 aromatic heterocycles. The second-order valence-corrected chi connectivity index (χ2v) is 8.00. The van der Waals surface area contributed by atoms with Crippen molar-refractivity contribution in [3.63, 3.8) is 0 Å². The van der Waals surface area contributed by atoms with Crippen molar-refractivity contribution in [3.8, 4) is 0 Å². The van der Waals surface area contributed by atoms with Crippen molar-refractivity contribution in [2.24, 2.45) is 0 Å². The molecule has 0 unspecified atom stereocenters. The van der Waals surface area contributed by atoms with Gasteiger partial charge in [0.05, 0.1) is 4.90 Å². The maximum Gasteiger partial charge on any atom is 0.255 e. The molecule has 0 aliphatic heterocycles. The largest absolute Gasteiger partial charge is 0.322 e. The first-order valence-electron chi connectivity index (χ1n) is 8.46. The van der Waals surface area contributed by atoms with Crippen molar-refractivity contribution in [3.05, 3.63) is 59.7 Å². The molecule has 2 rings (SSSR count). The summed E-state index contributed by atoms with van der Waals surface area (Å²) in [5.74, 6) is -0.348. The summed E-state index contributed by atoms with van der Waals surface area (Å²) in [5, 5.41) is 2.79. The van der Waals surface area contributed by atoms with E-state index < -0.39 is 10.0 Å². The van der Waals surface area contributed by atoms with Gasteiger partial charge in [-0.05, 0) is 56.4 Å². The van der Waals surface area contributed by atoms with E-state index in [9.17, 15) is 13.2 Å². The van der Waals surface area contributed by atoms with Gasteiger partial charge in [0.1, 0.15) is 0 Å². The van der Waals surface area contributed by atoms with Crippen LogP contribution in [0.2, 0.25) is 0 Å². The van der Waals surface area contributed by atoms with E-state index in [1.165, 1.54) is 17.7 Å². The first-order valence-corrected chi connectivity index (χ1v) is 9.95. The fourth-order valence-corrected chi connectivity index (χ4v) is 3.39. The summed E-state index contributed by atoms with van der Waals surface area (Å²) in [4.78, 5) is 14.4. The second kappa shape index (κ2) is 8.93. The van der Waals surface area contributed by atoms with Gasteiger partial charge in [0.25, 0.3) is 5.91 Å². The van der Waals surface area contributed by atoms with Crippen LogP contribution in [0, 0.1) is 0 Å². The average Bonchev–Trinajstić information content (AvgIpc) is 2.62. The number of benzene rings is 2. The van der Waals surface area contributed by atoms with Crippen LogP contribution < -0.4 is 10.0 Å². The molecule has 0 fully saturated rings. The standard InChI is InChI=1S/C19H25N3O3S/c1-4-15-8-10-17(11-9-15)21-19(23)16-6-5-7-18(14-16)26(24,25)20-12-13-22(2)3/h5-11,14,20H,4,12-13H2,1-3H3,(H,21,23). The van der Waals surface area contributed by atoms with Crippen LogP contribution >= 0.6 is 0 Å². The molecule has 26 heavy (non-hydrogen) atoms. The van der Waals surface area contributed by atoms with E-state index in [-0.39, 0.29) is 10.8 Å². The maximum atomic E-state index is 12.4. The van der Waals surface area contributed by atoms with Crippen LogP contribution in [-0.2, 0) is 16.4 Å². The van der Waals surface area contributed by atoms with Crippen LogP contribution in [-0.4, -0.2) is 46.4 Å². The first kappa shape index (κ1) is 20.1. The minimum absolute atomic E-state index is 0.0743. The number of nitrogens with zero attached hydrogens (tertiary/aromatic N) is 1. The van der Waals surface area contributed by atoms with Crippen molar-refractivity contribution in [2.75, 3.05) is 32.5 Å². The second-order valence-electron chi connectivity index (χ2n) is 6.23. The molecule has 0 saturated heterocycles. The molecule has 0 spiro atoms. The molecule has 0 saturated carbocycles. The van der Waals surface area contributed by atoms with E-state index in [1.54, 1.807) is 12.1 Å². The van der Waals surface area contributed by atoms with E-state index in [1.807, 2.05) is 43.3 Å². The average molecular weight is 375 g/mol. The lowest BCUT2D eigenvalue weighted by molar-refractivity contribution is 0.102. The van der Waals surface area contributed by atoms with E-state index in [2.05, 4.69) is 17.0 Å². The Kier molecular flexibility index (Phi) is 6.90. The molecule has 0 radical (unpaired) electrons. The number of likely N-dealkylation sites (N-methyl/N-ethyl adjacent to an activating group) is 1. The molecule has 7 heteroatoms. The molecule has 0 heterocycles. The Labute approximate surface area is 155 Å². The van der Waals surface area contributed by atoms with E-state index >= 15 is 0 Å². The lowest BCUT2D eigenvalue weighted by atomic mass is 10.1. The fourth-order valence-electron chi connectivity index (χ4n) is 2.32. The lowest BCUT2D eigenvalue weighted by Crippen LogP contribution is -2.31. The number of anilines is 1. The maximum absolute atomic E-state index is 12.4. The van der Waals surface area contributed by atoms with Crippen LogP contribution in [0.3, 0.4) is 0 Å². The topological polar surface area (TPSA) is 78.5 Å². The summed E-state index contributed by atoms with van der Waals surface area (Å²) in [6.45, 7) is 2.95. The van der Waals surface area contributed by atoms with Crippen molar-refractivity contribution in [2.45, 2.75) is 18.2 Å². The van der Waals surface area contributed by atoms with Crippen LogP contribution in [0.25, 0.3) is 0 Å². The van der Waals surface area contributed by atoms with Gasteiger partial charge in [0.2, 0.25) is 10.0 Å². The Bertz CT molecular complexity index is 847. The van der Waals surface area contributed by atoms with E-state index in [0.717, 1.165) is 6.42 Å². The van der Waals surface area contributed by atoms with Crippen molar-refractivity contribution in [1.29, 1.82) is 0 Å². The van der Waals surface area contributed by atoms with Gasteiger partial charge < -0.3 is 10.2 Å². The normalized spacial score (nSPS) is 11.5. The predicted octanol–water partition coefficient (Wildman–Crippen LogP) is 2.34. The van der Waals surface area contributed by atoms with Crippen LogP contribution in [0.1, 0.15) is 22.8 Å². The number of carbonyl (C=O) groups excluding carboxylic acids is 1. The number of hydrogen-bond acceptors (Lipinski definition) is 4. The quantitative estimate of drug-likeness (QED) is 0.742. The number of carbonyl (C=O) groups is 1. The van der Waals surface area contributed by atoms with E-state index in [4.69, 9.17) is 0 Å². The van der Waals surface area contributed by atoms with Crippen LogP contribution in [0.5, 0.6) is 0 Å². The Morgan fingerprint density at radius 1 is 1.08 bits per heavy atom. The zero-order valence-corrected chi connectivity index (χ0v) is 16.1. The highest BCUT2D eigenvalue weighted by molar-refractivity contribution is 7.89. The number of rotatable bonds is 8. The van der Waals surface area contributed by atoms with Gasteiger partial charge in [0, 0.05) is 24.3 Å². The summed E-state index contributed by atoms with van der Waals surface area (Å²) in [7, 11) is 0.0842. The summed E-state index contributed by atoms with van der Waals surface area (Å²) in [6, 6.07) is 13.6. The van der Waals surface area contributed by atoms with Crippen LogP contribution in [0.15, 0.2) is 53.4 Å². The Balaban J connectivity index is 2.10. The molecule has 0 aliphatic rings. The third-order valence-electron chi connectivity index (χ3n) is 3.88. The molecule has 2 aromatic rings. The molecular formula is C19H25N3O3S. The van der Waals surface area contributed by atoms with Crippen molar-refractivity contribution in [1.82, 2.24) is 9.62 Å².